The molecule has 2 aromatic carbocycles. The molecule has 0 atom stereocenters. The molecule has 3 N–H and O–H groups in total. The van der Waals surface area contributed by atoms with Gasteiger partial charge < -0.3 is 15.2 Å². The molecule has 0 fully saturated rings. The third-order valence-corrected chi connectivity index (χ3v) is 3.87. The molecule has 0 bridgehead atoms. The molecule has 1 amide bonds. The van der Waals surface area contributed by atoms with Gasteiger partial charge in [-0.15, -0.1) is 0 Å². The number of benzene rings is 2. The van der Waals surface area contributed by atoms with Gasteiger partial charge >= 0.3 is 5.97 Å². The van der Waals surface area contributed by atoms with E-state index in [2.05, 4.69) is 10.6 Å². The second-order valence-electron chi connectivity index (χ2n) is 5.09. The van der Waals surface area contributed by atoms with Crippen LogP contribution in [0.5, 0.6) is 5.75 Å². The number of ether oxygens (including phenoxy) is 1. The van der Waals surface area contributed by atoms with Crippen LogP contribution in [0.25, 0.3) is 0 Å². The predicted octanol–water partition coefficient (Wildman–Crippen LogP) is 3.48. The smallest absolute Gasteiger partial charge is 0.335 e. The first-order valence-corrected chi connectivity index (χ1v) is 7.90. The molecule has 0 unspecified atom stereocenters. The first-order chi connectivity index (χ1) is 11.8. The van der Waals surface area contributed by atoms with Gasteiger partial charge in [0, 0.05) is 11.3 Å². The summed E-state index contributed by atoms with van der Waals surface area (Å²) >= 11 is 11.1. The minimum Gasteiger partial charge on any atom is -0.495 e. The predicted molar refractivity (Wildman–Crippen MR) is 99.8 cm³/mol. The highest BCUT2D eigenvalue weighted by molar-refractivity contribution is 7.80. The minimum absolute atomic E-state index is 0.0441. The lowest BCUT2D eigenvalue weighted by atomic mass is 10.1. The van der Waals surface area contributed by atoms with E-state index in [-0.39, 0.29) is 10.7 Å². The highest BCUT2D eigenvalue weighted by Gasteiger charge is 2.12. The van der Waals surface area contributed by atoms with Gasteiger partial charge in [-0.3, -0.25) is 10.1 Å². The van der Waals surface area contributed by atoms with Gasteiger partial charge in [0.25, 0.3) is 5.91 Å². The van der Waals surface area contributed by atoms with Crippen LogP contribution >= 0.6 is 23.8 Å². The molecule has 0 spiro atoms. The molecule has 0 aliphatic rings. The minimum atomic E-state index is -1.05. The lowest BCUT2D eigenvalue weighted by molar-refractivity contribution is 0.0696. The van der Waals surface area contributed by atoms with Crippen molar-refractivity contribution in [2.75, 3.05) is 12.4 Å². The number of thiocarbonyl (C=S) groups is 1. The SMILES string of the molecule is COc1ccc(C(=O)NC(=S)Nc2cc(C(=O)O)ccc2C)cc1Cl. The number of carbonyl (C=O) groups is 2. The summed E-state index contributed by atoms with van der Waals surface area (Å²) in [6, 6.07) is 9.19. The molecular formula is C17H15ClN2O4S. The normalized spacial score (nSPS) is 10.0. The lowest BCUT2D eigenvalue weighted by Crippen LogP contribution is -2.34. The summed E-state index contributed by atoms with van der Waals surface area (Å²) < 4.78 is 5.03. The molecule has 0 heterocycles. The number of hydrogen-bond acceptors (Lipinski definition) is 4. The van der Waals surface area contributed by atoms with Gasteiger partial charge in [0.1, 0.15) is 5.75 Å². The fourth-order valence-electron chi connectivity index (χ4n) is 2.03. The number of methoxy groups -OCH3 is 1. The van der Waals surface area contributed by atoms with E-state index >= 15 is 0 Å². The number of halogens is 1. The second-order valence-corrected chi connectivity index (χ2v) is 5.91. The van der Waals surface area contributed by atoms with Gasteiger partial charge in [-0.2, -0.15) is 0 Å². The largest absolute Gasteiger partial charge is 0.495 e. The Hall–Kier alpha value is -2.64. The summed E-state index contributed by atoms with van der Waals surface area (Å²) in [6.07, 6.45) is 0. The van der Waals surface area contributed by atoms with E-state index in [0.29, 0.717) is 22.0 Å². The topological polar surface area (TPSA) is 87.7 Å². The number of hydrogen-bond donors (Lipinski definition) is 3. The Bertz CT molecular complexity index is 855. The van der Waals surface area contributed by atoms with Crippen LogP contribution in [0.15, 0.2) is 36.4 Å². The van der Waals surface area contributed by atoms with Crippen LogP contribution in [0.1, 0.15) is 26.3 Å². The first-order valence-electron chi connectivity index (χ1n) is 7.11. The lowest BCUT2D eigenvalue weighted by Gasteiger charge is -2.13. The van der Waals surface area contributed by atoms with Gasteiger partial charge in [-0.1, -0.05) is 17.7 Å². The Morgan fingerprint density at radius 2 is 1.84 bits per heavy atom. The van der Waals surface area contributed by atoms with E-state index in [1.165, 1.54) is 25.3 Å². The zero-order chi connectivity index (χ0) is 18.6. The summed E-state index contributed by atoms with van der Waals surface area (Å²) in [5.41, 5.74) is 1.71. The van der Waals surface area contributed by atoms with Crippen molar-refractivity contribution in [2.24, 2.45) is 0 Å². The zero-order valence-electron chi connectivity index (χ0n) is 13.4. The van der Waals surface area contributed by atoms with Gasteiger partial charge in [-0.25, -0.2) is 4.79 Å². The molecule has 130 valence electrons. The number of aromatic carboxylic acids is 1. The molecule has 25 heavy (non-hydrogen) atoms. The van der Waals surface area contributed by atoms with E-state index < -0.39 is 11.9 Å². The van der Waals surface area contributed by atoms with Crippen molar-refractivity contribution in [3.05, 3.63) is 58.1 Å². The standard InChI is InChI=1S/C17H15ClN2O4S/c1-9-3-4-11(16(22)23)8-13(9)19-17(25)20-15(21)10-5-6-14(24-2)12(18)7-10/h3-8H,1-2H3,(H,22,23)(H2,19,20,21,25). The Labute approximate surface area is 154 Å². The molecule has 0 saturated heterocycles. The summed E-state index contributed by atoms with van der Waals surface area (Å²) in [6.45, 7) is 1.79. The quantitative estimate of drug-likeness (QED) is 0.706. The number of carboxylic acid groups (broad SMARTS) is 1. The highest BCUT2D eigenvalue weighted by atomic mass is 35.5. The van der Waals surface area contributed by atoms with Crippen molar-refractivity contribution in [2.45, 2.75) is 6.92 Å². The Kier molecular flexibility index (Phi) is 5.95. The van der Waals surface area contributed by atoms with E-state index in [1.807, 2.05) is 0 Å². The van der Waals surface area contributed by atoms with Crippen molar-refractivity contribution in [3.8, 4) is 5.75 Å². The van der Waals surface area contributed by atoms with Crippen molar-refractivity contribution in [1.29, 1.82) is 0 Å². The van der Waals surface area contributed by atoms with Crippen molar-refractivity contribution < 1.29 is 19.4 Å². The number of carboxylic acids is 1. The Balaban J connectivity index is 2.10. The maximum absolute atomic E-state index is 12.2. The molecule has 2 aromatic rings. The molecule has 2 rings (SSSR count). The van der Waals surface area contributed by atoms with Crippen LogP contribution in [0.2, 0.25) is 5.02 Å². The molecule has 6 nitrogen and oxygen atoms in total. The van der Waals surface area contributed by atoms with Gasteiger partial charge in [0.2, 0.25) is 0 Å². The van der Waals surface area contributed by atoms with Crippen LogP contribution in [0.3, 0.4) is 0 Å². The maximum Gasteiger partial charge on any atom is 0.335 e. The Morgan fingerprint density at radius 3 is 2.44 bits per heavy atom. The van der Waals surface area contributed by atoms with Gasteiger partial charge in [0.05, 0.1) is 17.7 Å². The van der Waals surface area contributed by atoms with Crippen LogP contribution in [-0.2, 0) is 0 Å². The van der Waals surface area contributed by atoms with Crippen molar-refractivity contribution >= 4 is 46.5 Å². The summed E-state index contributed by atoms with van der Waals surface area (Å²) in [4.78, 5) is 23.3. The van der Waals surface area contributed by atoms with Crippen LogP contribution < -0.4 is 15.4 Å². The number of rotatable bonds is 4. The number of nitrogens with one attached hydrogen (secondary N) is 2. The molecular weight excluding hydrogens is 364 g/mol. The van der Waals surface area contributed by atoms with Crippen LogP contribution in [-0.4, -0.2) is 29.2 Å². The van der Waals surface area contributed by atoms with E-state index in [1.54, 1.807) is 25.1 Å². The van der Waals surface area contributed by atoms with Crippen LogP contribution in [0.4, 0.5) is 5.69 Å². The third kappa shape index (κ3) is 4.68. The third-order valence-electron chi connectivity index (χ3n) is 3.37. The molecule has 8 heteroatoms. The van der Waals surface area contributed by atoms with E-state index in [0.717, 1.165) is 5.56 Å². The maximum atomic E-state index is 12.2. The van der Waals surface area contributed by atoms with Crippen LogP contribution in [0, 0.1) is 6.92 Å². The molecule has 0 aliphatic carbocycles. The number of amides is 1. The Morgan fingerprint density at radius 1 is 1.16 bits per heavy atom. The van der Waals surface area contributed by atoms with Crippen molar-refractivity contribution in [1.82, 2.24) is 5.32 Å². The summed E-state index contributed by atoms with van der Waals surface area (Å²) in [5, 5.41) is 14.7. The fourth-order valence-corrected chi connectivity index (χ4v) is 2.49. The molecule has 0 aromatic heterocycles. The average molecular weight is 379 g/mol. The van der Waals surface area contributed by atoms with Crippen molar-refractivity contribution in [3.63, 3.8) is 0 Å². The molecule has 0 aliphatic heterocycles. The van der Waals surface area contributed by atoms with Gasteiger partial charge in [-0.05, 0) is 55.0 Å². The van der Waals surface area contributed by atoms with E-state index in [4.69, 9.17) is 33.7 Å². The average Bonchev–Trinajstić information content (AvgIpc) is 2.56. The van der Waals surface area contributed by atoms with Gasteiger partial charge in [0.15, 0.2) is 5.11 Å². The number of aryl methyl sites for hydroxylation is 1. The molecule has 0 saturated carbocycles. The fraction of sp³-hybridized carbons (Fsp3) is 0.118. The first kappa shape index (κ1) is 18.7. The molecule has 0 radical (unpaired) electrons. The number of carbonyl (C=O) groups excluding carboxylic acids is 1. The highest BCUT2D eigenvalue weighted by Crippen LogP contribution is 2.25. The number of anilines is 1. The summed E-state index contributed by atoms with van der Waals surface area (Å²) in [7, 11) is 1.48. The van der Waals surface area contributed by atoms with E-state index in [9.17, 15) is 9.59 Å². The monoisotopic (exact) mass is 378 g/mol. The second kappa shape index (κ2) is 7.96. The summed E-state index contributed by atoms with van der Waals surface area (Å²) in [5.74, 6) is -1.04. The zero-order valence-corrected chi connectivity index (χ0v) is 15.0.